The van der Waals surface area contributed by atoms with Gasteiger partial charge in [-0.25, -0.2) is 4.39 Å². The molecule has 1 aromatic heterocycles. The van der Waals surface area contributed by atoms with Crippen LogP contribution in [0.3, 0.4) is 0 Å². The summed E-state index contributed by atoms with van der Waals surface area (Å²) in [5, 5.41) is 1.10. The van der Waals surface area contributed by atoms with E-state index in [2.05, 4.69) is 4.98 Å². The zero-order valence-electron chi connectivity index (χ0n) is 10.0. The van der Waals surface area contributed by atoms with E-state index in [4.69, 9.17) is 0 Å². The fourth-order valence-corrected chi connectivity index (χ4v) is 2.24. The zero-order chi connectivity index (χ0) is 12.5. The van der Waals surface area contributed by atoms with E-state index in [1.807, 2.05) is 49.5 Å². The van der Waals surface area contributed by atoms with Crippen LogP contribution in [0.5, 0.6) is 0 Å². The second kappa shape index (κ2) is 4.22. The van der Waals surface area contributed by atoms with E-state index in [1.54, 1.807) is 0 Å². The Morgan fingerprint density at radius 1 is 0.944 bits per heavy atom. The number of benzene rings is 2. The molecule has 1 heterocycles. The van der Waals surface area contributed by atoms with Gasteiger partial charge >= 0.3 is 0 Å². The van der Waals surface area contributed by atoms with Crippen LogP contribution in [0.4, 0.5) is 4.39 Å². The van der Waals surface area contributed by atoms with Crippen LogP contribution in [0, 0.1) is 12.7 Å². The number of fused-ring (bicyclic) bond motifs is 1. The number of aryl methyl sites for hydroxylation is 1. The minimum absolute atomic E-state index is 0.213. The normalized spacial score (nSPS) is 10.8. The molecule has 2 heteroatoms. The molecule has 0 amide bonds. The maximum atomic E-state index is 13.0. The van der Waals surface area contributed by atoms with Crippen LogP contribution in [0.1, 0.15) is 5.56 Å². The molecule has 0 spiro atoms. The molecule has 0 radical (unpaired) electrons. The highest BCUT2D eigenvalue weighted by Gasteiger charge is 2.07. The first kappa shape index (κ1) is 10.9. The first-order chi connectivity index (χ1) is 8.75. The maximum absolute atomic E-state index is 13.0. The molecule has 0 saturated heterocycles. The molecule has 18 heavy (non-hydrogen) atoms. The highest BCUT2D eigenvalue weighted by molar-refractivity contribution is 5.95. The van der Waals surface area contributed by atoms with Crippen molar-refractivity contribution >= 4 is 10.9 Å². The zero-order valence-corrected chi connectivity index (χ0v) is 10.0. The van der Waals surface area contributed by atoms with Crippen molar-refractivity contribution < 1.29 is 4.39 Å². The van der Waals surface area contributed by atoms with Gasteiger partial charge in [-0.05, 0) is 41.8 Å². The van der Waals surface area contributed by atoms with E-state index in [-0.39, 0.29) is 5.82 Å². The van der Waals surface area contributed by atoms with Gasteiger partial charge in [0.1, 0.15) is 5.82 Å². The molecule has 3 aromatic rings. The molecule has 0 aliphatic carbocycles. The molecule has 2 aromatic carbocycles. The van der Waals surface area contributed by atoms with Gasteiger partial charge in [0.25, 0.3) is 0 Å². The number of para-hydroxylation sites is 1. The summed E-state index contributed by atoms with van der Waals surface area (Å²) in [6.07, 6.45) is 1.86. The van der Waals surface area contributed by atoms with Crippen molar-refractivity contribution in [3.05, 3.63) is 66.1 Å². The summed E-state index contributed by atoms with van der Waals surface area (Å²) in [6.45, 7) is 2.03. The Labute approximate surface area is 105 Å². The molecule has 0 aliphatic heterocycles. The van der Waals surface area contributed by atoms with E-state index in [9.17, 15) is 4.39 Å². The average Bonchev–Trinajstić information content (AvgIpc) is 2.40. The summed E-state index contributed by atoms with van der Waals surface area (Å²) in [6, 6.07) is 14.6. The second-order valence-corrected chi connectivity index (χ2v) is 4.34. The van der Waals surface area contributed by atoms with Gasteiger partial charge in [-0.3, -0.25) is 4.98 Å². The Morgan fingerprint density at radius 2 is 1.67 bits per heavy atom. The van der Waals surface area contributed by atoms with E-state index in [0.29, 0.717) is 0 Å². The second-order valence-electron chi connectivity index (χ2n) is 4.34. The molecule has 0 atom stereocenters. The highest BCUT2D eigenvalue weighted by Crippen LogP contribution is 2.30. The van der Waals surface area contributed by atoms with E-state index in [0.717, 1.165) is 27.6 Å². The first-order valence-electron chi connectivity index (χ1n) is 5.86. The largest absolute Gasteiger partial charge is 0.256 e. The van der Waals surface area contributed by atoms with Crippen molar-refractivity contribution in [2.75, 3.05) is 0 Å². The van der Waals surface area contributed by atoms with Crippen molar-refractivity contribution in [1.82, 2.24) is 4.98 Å². The van der Waals surface area contributed by atoms with Gasteiger partial charge in [0, 0.05) is 11.6 Å². The lowest BCUT2D eigenvalue weighted by Gasteiger charge is -2.09. The Bertz CT molecular complexity index is 702. The molecular weight excluding hydrogens is 225 g/mol. The average molecular weight is 237 g/mol. The van der Waals surface area contributed by atoms with Crippen LogP contribution in [0.25, 0.3) is 22.0 Å². The molecule has 0 saturated carbocycles. The predicted octanol–water partition coefficient (Wildman–Crippen LogP) is 4.35. The van der Waals surface area contributed by atoms with Crippen molar-refractivity contribution in [2.45, 2.75) is 6.92 Å². The predicted molar refractivity (Wildman–Crippen MR) is 71.9 cm³/mol. The number of hydrogen-bond donors (Lipinski definition) is 0. The molecule has 88 valence electrons. The summed E-state index contributed by atoms with van der Waals surface area (Å²) in [5.41, 5.74) is 4.20. The summed E-state index contributed by atoms with van der Waals surface area (Å²) >= 11 is 0. The summed E-state index contributed by atoms with van der Waals surface area (Å²) in [4.78, 5) is 4.41. The number of aromatic nitrogens is 1. The fraction of sp³-hybridized carbons (Fsp3) is 0.0625. The molecule has 0 unspecified atom stereocenters. The SMILES string of the molecule is Cc1cnc2ccccc2c1-c1ccc(F)cc1. The molecule has 3 rings (SSSR count). The number of hydrogen-bond acceptors (Lipinski definition) is 1. The Balaban J connectivity index is 2.33. The third-order valence-corrected chi connectivity index (χ3v) is 3.10. The summed E-state index contributed by atoms with van der Waals surface area (Å²) in [5.74, 6) is -0.213. The van der Waals surface area contributed by atoms with Crippen LogP contribution < -0.4 is 0 Å². The van der Waals surface area contributed by atoms with Crippen LogP contribution in [-0.2, 0) is 0 Å². The number of pyridine rings is 1. The van der Waals surface area contributed by atoms with Crippen LogP contribution in [0.15, 0.2) is 54.7 Å². The topological polar surface area (TPSA) is 12.9 Å². The van der Waals surface area contributed by atoms with Gasteiger partial charge in [0.2, 0.25) is 0 Å². The number of halogens is 1. The van der Waals surface area contributed by atoms with Crippen molar-refractivity contribution in [3.8, 4) is 11.1 Å². The highest BCUT2D eigenvalue weighted by atomic mass is 19.1. The monoisotopic (exact) mass is 237 g/mol. The standard InChI is InChI=1S/C16H12FN/c1-11-10-18-15-5-3-2-4-14(15)16(11)12-6-8-13(17)9-7-12/h2-10H,1H3. The maximum Gasteiger partial charge on any atom is 0.123 e. The molecule has 1 nitrogen and oxygen atoms in total. The Hall–Kier alpha value is -2.22. The third kappa shape index (κ3) is 1.76. The van der Waals surface area contributed by atoms with Gasteiger partial charge in [-0.2, -0.15) is 0 Å². The Kier molecular flexibility index (Phi) is 2.56. The quantitative estimate of drug-likeness (QED) is 0.613. The van der Waals surface area contributed by atoms with Crippen molar-refractivity contribution in [3.63, 3.8) is 0 Å². The van der Waals surface area contributed by atoms with E-state index in [1.165, 1.54) is 12.1 Å². The minimum atomic E-state index is -0.213. The fourth-order valence-electron chi connectivity index (χ4n) is 2.24. The Morgan fingerprint density at radius 3 is 2.44 bits per heavy atom. The lowest BCUT2D eigenvalue weighted by Crippen LogP contribution is -1.89. The minimum Gasteiger partial charge on any atom is -0.256 e. The molecule has 0 fully saturated rings. The molecular formula is C16H12FN. The third-order valence-electron chi connectivity index (χ3n) is 3.10. The first-order valence-corrected chi connectivity index (χ1v) is 5.86. The lowest BCUT2D eigenvalue weighted by atomic mass is 9.97. The summed E-state index contributed by atoms with van der Waals surface area (Å²) < 4.78 is 13.0. The van der Waals surface area contributed by atoms with Crippen LogP contribution >= 0.6 is 0 Å². The van der Waals surface area contributed by atoms with Crippen LogP contribution in [-0.4, -0.2) is 4.98 Å². The van der Waals surface area contributed by atoms with Gasteiger partial charge < -0.3 is 0 Å². The van der Waals surface area contributed by atoms with Gasteiger partial charge in [0.05, 0.1) is 5.52 Å². The smallest absolute Gasteiger partial charge is 0.123 e. The number of nitrogens with zero attached hydrogens (tertiary/aromatic N) is 1. The number of rotatable bonds is 1. The van der Waals surface area contributed by atoms with Crippen molar-refractivity contribution in [1.29, 1.82) is 0 Å². The van der Waals surface area contributed by atoms with E-state index >= 15 is 0 Å². The molecule has 0 N–H and O–H groups in total. The van der Waals surface area contributed by atoms with Gasteiger partial charge in [-0.15, -0.1) is 0 Å². The van der Waals surface area contributed by atoms with Crippen molar-refractivity contribution in [2.24, 2.45) is 0 Å². The molecule has 0 bridgehead atoms. The lowest BCUT2D eigenvalue weighted by molar-refractivity contribution is 0.628. The van der Waals surface area contributed by atoms with Crippen LogP contribution in [0.2, 0.25) is 0 Å². The summed E-state index contributed by atoms with van der Waals surface area (Å²) in [7, 11) is 0. The molecule has 0 aliphatic rings. The van der Waals surface area contributed by atoms with Gasteiger partial charge in [0.15, 0.2) is 0 Å². The van der Waals surface area contributed by atoms with E-state index < -0.39 is 0 Å². The van der Waals surface area contributed by atoms with Gasteiger partial charge in [-0.1, -0.05) is 30.3 Å².